The van der Waals surface area contributed by atoms with Gasteiger partial charge < -0.3 is 0 Å². The van der Waals surface area contributed by atoms with Crippen LogP contribution in [-0.4, -0.2) is 21.8 Å². The molecule has 2 aromatic carbocycles. The van der Waals surface area contributed by atoms with Crippen molar-refractivity contribution in [3.8, 4) is 0 Å². The maximum atomic E-state index is 12.2. The summed E-state index contributed by atoms with van der Waals surface area (Å²) in [4.78, 5) is 23.1. The number of nitrogens with zero attached hydrogens (tertiary/aromatic N) is 3. The minimum atomic E-state index is 0.0544. The van der Waals surface area contributed by atoms with E-state index in [-0.39, 0.29) is 5.91 Å². The molecule has 114 valence electrons. The Kier molecular flexibility index (Phi) is 3.63. The van der Waals surface area contributed by atoms with Crippen molar-refractivity contribution in [2.24, 2.45) is 4.99 Å². The maximum Gasteiger partial charge on any atom is 0.243 e. The number of aromatic nitrogens is 1. The van der Waals surface area contributed by atoms with Crippen LogP contribution in [0.4, 0.5) is 10.8 Å². The van der Waals surface area contributed by atoms with Gasteiger partial charge in [-0.2, -0.15) is 4.99 Å². The lowest BCUT2D eigenvalue weighted by Crippen LogP contribution is -2.29. The Bertz CT molecular complexity index is 882. The summed E-state index contributed by atoms with van der Waals surface area (Å²) in [6, 6.07) is 15.9. The number of benzene rings is 2. The molecule has 0 aliphatic carbocycles. The van der Waals surface area contributed by atoms with Crippen molar-refractivity contribution in [2.45, 2.75) is 6.92 Å². The van der Waals surface area contributed by atoms with E-state index >= 15 is 0 Å². The van der Waals surface area contributed by atoms with Gasteiger partial charge in [0.25, 0.3) is 0 Å². The number of thiazole rings is 1. The summed E-state index contributed by atoms with van der Waals surface area (Å²) in [5, 5.41) is 1.37. The summed E-state index contributed by atoms with van der Waals surface area (Å²) < 4.78 is 1.10. The van der Waals surface area contributed by atoms with Crippen LogP contribution in [0.2, 0.25) is 0 Å². The molecule has 2 heterocycles. The first kappa shape index (κ1) is 14.4. The zero-order chi connectivity index (χ0) is 15.8. The van der Waals surface area contributed by atoms with Gasteiger partial charge >= 0.3 is 0 Å². The van der Waals surface area contributed by atoms with Gasteiger partial charge in [-0.05, 0) is 31.2 Å². The molecule has 0 saturated carbocycles. The van der Waals surface area contributed by atoms with Gasteiger partial charge in [-0.3, -0.25) is 9.69 Å². The second-order valence-electron chi connectivity index (χ2n) is 5.21. The summed E-state index contributed by atoms with van der Waals surface area (Å²) in [6.07, 6.45) is 0. The van der Waals surface area contributed by atoms with E-state index < -0.39 is 0 Å². The molecule has 0 radical (unpaired) electrons. The molecule has 1 aromatic heterocycles. The van der Waals surface area contributed by atoms with Gasteiger partial charge in [-0.15, -0.1) is 0 Å². The number of aliphatic imine (C=N–C) groups is 1. The summed E-state index contributed by atoms with van der Waals surface area (Å²) in [5.41, 5.74) is 2.95. The average Bonchev–Trinajstić information content (AvgIpc) is 3.12. The fourth-order valence-electron chi connectivity index (χ4n) is 2.38. The molecule has 1 aliphatic rings. The highest BCUT2D eigenvalue weighted by Gasteiger charge is 2.30. The van der Waals surface area contributed by atoms with E-state index in [0.717, 1.165) is 21.5 Å². The Morgan fingerprint density at radius 2 is 1.91 bits per heavy atom. The van der Waals surface area contributed by atoms with Crippen LogP contribution in [0, 0.1) is 6.92 Å². The highest BCUT2D eigenvalue weighted by Crippen LogP contribution is 2.32. The molecule has 1 saturated heterocycles. The van der Waals surface area contributed by atoms with Crippen LogP contribution in [0.1, 0.15) is 5.56 Å². The van der Waals surface area contributed by atoms with Crippen LogP contribution in [-0.2, 0) is 4.79 Å². The van der Waals surface area contributed by atoms with Gasteiger partial charge in [0, 0.05) is 0 Å². The van der Waals surface area contributed by atoms with Crippen LogP contribution >= 0.6 is 23.1 Å². The molecular weight excluding hydrogens is 326 g/mol. The lowest BCUT2D eigenvalue weighted by atomic mass is 10.2. The van der Waals surface area contributed by atoms with Crippen molar-refractivity contribution in [3.63, 3.8) is 0 Å². The summed E-state index contributed by atoms with van der Waals surface area (Å²) >= 11 is 2.99. The third kappa shape index (κ3) is 2.75. The number of amides is 1. The molecule has 23 heavy (non-hydrogen) atoms. The molecule has 1 aliphatic heterocycles. The number of fused-ring (bicyclic) bond motifs is 1. The maximum absolute atomic E-state index is 12.2. The van der Waals surface area contributed by atoms with Gasteiger partial charge in [0.05, 0.1) is 21.7 Å². The standard InChI is InChI=1S/C17H13N3OS2/c1-11-6-8-12(9-7-11)20-15(21)10-22-17(20)19-16-18-13-4-2-3-5-14(13)23-16/h2-9H,10H2,1H3. The number of hydrogen-bond acceptors (Lipinski definition) is 5. The van der Waals surface area contributed by atoms with E-state index in [0.29, 0.717) is 16.1 Å². The van der Waals surface area contributed by atoms with Crippen molar-refractivity contribution in [1.82, 2.24) is 4.98 Å². The molecule has 0 unspecified atom stereocenters. The normalized spacial score (nSPS) is 16.7. The Hall–Kier alpha value is -2.18. The minimum Gasteiger partial charge on any atom is -0.273 e. The molecule has 3 aromatic rings. The summed E-state index contributed by atoms with van der Waals surface area (Å²) in [6.45, 7) is 2.03. The number of aryl methyl sites for hydroxylation is 1. The number of amidine groups is 1. The van der Waals surface area contributed by atoms with Gasteiger partial charge in [-0.25, -0.2) is 4.98 Å². The molecule has 4 rings (SSSR count). The first-order valence-electron chi connectivity index (χ1n) is 7.17. The molecular formula is C17H13N3OS2. The van der Waals surface area contributed by atoms with Crippen LogP contribution in [0.5, 0.6) is 0 Å². The van der Waals surface area contributed by atoms with E-state index in [1.807, 2.05) is 55.5 Å². The monoisotopic (exact) mass is 339 g/mol. The van der Waals surface area contributed by atoms with Gasteiger partial charge in [0.15, 0.2) is 5.17 Å². The summed E-state index contributed by atoms with van der Waals surface area (Å²) in [5.74, 6) is 0.469. The van der Waals surface area contributed by atoms with E-state index in [4.69, 9.17) is 0 Å². The first-order chi connectivity index (χ1) is 11.2. The van der Waals surface area contributed by atoms with E-state index in [1.54, 1.807) is 4.90 Å². The lowest BCUT2D eigenvalue weighted by molar-refractivity contribution is -0.115. The van der Waals surface area contributed by atoms with Crippen molar-refractivity contribution in [3.05, 3.63) is 54.1 Å². The highest BCUT2D eigenvalue weighted by atomic mass is 32.2. The van der Waals surface area contributed by atoms with Crippen LogP contribution in [0.15, 0.2) is 53.5 Å². The summed E-state index contributed by atoms with van der Waals surface area (Å²) in [7, 11) is 0. The quantitative estimate of drug-likeness (QED) is 0.696. The molecule has 4 nitrogen and oxygen atoms in total. The number of anilines is 1. The fraction of sp³-hybridized carbons (Fsp3) is 0.118. The number of rotatable bonds is 2. The van der Waals surface area contributed by atoms with Crippen molar-refractivity contribution in [1.29, 1.82) is 0 Å². The van der Waals surface area contributed by atoms with Gasteiger partial charge in [0.1, 0.15) is 0 Å². The van der Waals surface area contributed by atoms with Crippen molar-refractivity contribution < 1.29 is 4.79 Å². The number of thioether (sulfide) groups is 1. The smallest absolute Gasteiger partial charge is 0.243 e. The zero-order valence-corrected chi connectivity index (χ0v) is 14.0. The van der Waals surface area contributed by atoms with Crippen molar-refractivity contribution >= 4 is 55.2 Å². The Morgan fingerprint density at radius 1 is 1.13 bits per heavy atom. The Balaban J connectivity index is 1.73. The topological polar surface area (TPSA) is 45.6 Å². The number of carbonyl (C=O) groups excluding carboxylic acids is 1. The molecule has 0 spiro atoms. The van der Waals surface area contributed by atoms with Gasteiger partial charge in [0.2, 0.25) is 11.0 Å². The third-order valence-electron chi connectivity index (χ3n) is 3.53. The SMILES string of the molecule is Cc1ccc(N2C(=O)CSC2=Nc2nc3ccccc3s2)cc1. The van der Waals surface area contributed by atoms with E-state index in [1.165, 1.54) is 23.1 Å². The van der Waals surface area contributed by atoms with E-state index in [9.17, 15) is 4.79 Å². The Labute approximate surface area is 141 Å². The third-order valence-corrected chi connectivity index (χ3v) is 5.39. The molecule has 0 atom stereocenters. The highest BCUT2D eigenvalue weighted by molar-refractivity contribution is 8.15. The predicted molar refractivity (Wildman–Crippen MR) is 97.8 cm³/mol. The lowest BCUT2D eigenvalue weighted by Gasteiger charge is -2.15. The Morgan fingerprint density at radius 3 is 2.70 bits per heavy atom. The first-order valence-corrected chi connectivity index (χ1v) is 8.97. The second-order valence-corrected chi connectivity index (χ2v) is 7.16. The van der Waals surface area contributed by atoms with Crippen LogP contribution < -0.4 is 4.90 Å². The van der Waals surface area contributed by atoms with Gasteiger partial charge in [-0.1, -0.05) is 52.9 Å². The molecule has 0 N–H and O–H groups in total. The molecule has 1 amide bonds. The number of hydrogen-bond donors (Lipinski definition) is 0. The van der Waals surface area contributed by atoms with Crippen LogP contribution in [0.3, 0.4) is 0 Å². The van der Waals surface area contributed by atoms with Crippen molar-refractivity contribution in [2.75, 3.05) is 10.7 Å². The predicted octanol–water partition coefficient (Wildman–Crippen LogP) is 4.37. The zero-order valence-electron chi connectivity index (χ0n) is 12.4. The molecule has 1 fully saturated rings. The minimum absolute atomic E-state index is 0.0544. The molecule has 0 bridgehead atoms. The largest absolute Gasteiger partial charge is 0.273 e. The van der Waals surface area contributed by atoms with Crippen LogP contribution in [0.25, 0.3) is 10.2 Å². The molecule has 6 heteroatoms. The number of carbonyl (C=O) groups is 1. The van der Waals surface area contributed by atoms with E-state index in [2.05, 4.69) is 9.98 Å². The number of para-hydroxylation sites is 1. The second kappa shape index (κ2) is 5.79. The fourth-order valence-corrected chi connectivity index (χ4v) is 4.15. The average molecular weight is 339 g/mol.